The van der Waals surface area contributed by atoms with Crippen molar-refractivity contribution in [2.45, 2.75) is 38.4 Å². The van der Waals surface area contributed by atoms with Crippen molar-refractivity contribution in [3.8, 4) is 0 Å². The highest BCUT2D eigenvalue weighted by atomic mass is 16.4. The summed E-state index contributed by atoms with van der Waals surface area (Å²) < 4.78 is 1.19. The lowest BCUT2D eigenvalue weighted by atomic mass is 10.0. The maximum Gasteiger partial charge on any atom is 0.325 e. The molecule has 9 nitrogen and oxygen atoms in total. The number of aliphatic carboxylic acids is 1. The Kier molecular flexibility index (Phi) is 5.80. The van der Waals surface area contributed by atoms with Crippen molar-refractivity contribution in [1.29, 1.82) is 0 Å². The lowest BCUT2D eigenvalue weighted by Crippen LogP contribution is -2.45. The summed E-state index contributed by atoms with van der Waals surface area (Å²) >= 11 is 0. The Hall–Kier alpha value is -3.23. The standard InChI is InChI=1S/C18H21N5O4/c24-15-8-4-5-9-23(15)17(13-6-2-1-3-7-13)18(27)19-10-14-11-22(21-20-14)12-16(25)26/h1-3,6-7,11,17H,4-5,8-10,12H2,(H,19,27)(H,25,26). The first kappa shape index (κ1) is 18.6. The summed E-state index contributed by atoms with van der Waals surface area (Å²) in [6.07, 6.45) is 3.62. The number of aromatic nitrogens is 3. The zero-order valence-electron chi connectivity index (χ0n) is 14.7. The fourth-order valence-electron chi connectivity index (χ4n) is 3.12. The number of benzene rings is 1. The molecule has 1 unspecified atom stereocenters. The molecule has 0 spiro atoms. The zero-order valence-corrected chi connectivity index (χ0v) is 14.7. The van der Waals surface area contributed by atoms with Crippen molar-refractivity contribution in [2.24, 2.45) is 0 Å². The molecule has 0 saturated carbocycles. The van der Waals surface area contributed by atoms with Crippen LogP contribution in [0.2, 0.25) is 0 Å². The fourth-order valence-corrected chi connectivity index (χ4v) is 3.12. The van der Waals surface area contributed by atoms with Crippen LogP contribution in [0.15, 0.2) is 36.5 Å². The van der Waals surface area contributed by atoms with E-state index in [9.17, 15) is 14.4 Å². The van der Waals surface area contributed by atoms with E-state index in [-0.39, 0.29) is 24.9 Å². The van der Waals surface area contributed by atoms with E-state index in [0.717, 1.165) is 18.4 Å². The smallest absolute Gasteiger partial charge is 0.325 e. The third-order valence-electron chi connectivity index (χ3n) is 4.36. The van der Waals surface area contributed by atoms with E-state index in [2.05, 4.69) is 15.6 Å². The van der Waals surface area contributed by atoms with Crippen LogP contribution in [0, 0.1) is 0 Å². The Labute approximate surface area is 156 Å². The van der Waals surface area contributed by atoms with Gasteiger partial charge in [-0.25, -0.2) is 4.68 Å². The van der Waals surface area contributed by atoms with E-state index in [1.165, 1.54) is 10.9 Å². The molecule has 1 atom stereocenters. The molecule has 2 amide bonds. The summed E-state index contributed by atoms with van der Waals surface area (Å²) in [5.41, 5.74) is 1.20. The number of piperidine rings is 1. The summed E-state index contributed by atoms with van der Waals surface area (Å²) in [5.74, 6) is -1.36. The van der Waals surface area contributed by atoms with Crippen molar-refractivity contribution < 1.29 is 19.5 Å². The number of nitrogens with zero attached hydrogens (tertiary/aromatic N) is 4. The van der Waals surface area contributed by atoms with Gasteiger partial charge in [0, 0.05) is 13.0 Å². The Balaban J connectivity index is 1.72. The predicted octanol–water partition coefficient (Wildman–Crippen LogP) is 0.733. The van der Waals surface area contributed by atoms with Crippen LogP contribution in [0.25, 0.3) is 0 Å². The highest BCUT2D eigenvalue weighted by Gasteiger charge is 2.32. The van der Waals surface area contributed by atoms with Crippen molar-refractivity contribution in [3.63, 3.8) is 0 Å². The van der Waals surface area contributed by atoms with E-state index < -0.39 is 12.0 Å². The molecule has 9 heteroatoms. The van der Waals surface area contributed by atoms with Crippen LogP contribution in [0.4, 0.5) is 0 Å². The van der Waals surface area contributed by atoms with Gasteiger partial charge in [0.2, 0.25) is 11.8 Å². The Morgan fingerprint density at radius 1 is 1.22 bits per heavy atom. The van der Waals surface area contributed by atoms with E-state index in [1.54, 1.807) is 4.90 Å². The lowest BCUT2D eigenvalue weighted by molar-refractivity contribution is -0.142. The molecule has 3 rings (SSSR count). The minimum absolute atomic E-state index is 0.0299. The van der Waals surface area contributed by atoms with E-state index >= 15 is 0 Å². The number of likely N-dealkylation sites (tertiary alicyclic amines) is 1. The van der Waals surface area contributed by atoms with Gasteiger partial charge in [-0.1, -0.05) is 35.5 Å². The number of hydrogen-bond acceptors (Lipinski definition) is 5. The van der Waals surface area contributed by atoms with Gasteiger partial charge in [-0.15, -0.1) is 5.10 Å². The van der Waals surface area contributed by atoms with Crippen LogP contribution in [-0.2, 0) is 27.5 Å². The summed E-state index contributed by atoms with van der Waals surface area (Å²) in [6.45, 7) is 0.348. The number of carbonyl (C=O) groups excluding carboxylic acids is 2. The molecule has 1 saturated heterocycles. The van der Waals surface area contributed by atoms with E-state index in [0.29, 0.717) is 18.7 Å². The first-order chi connectivity index (χ1) is 13.0. The molecule has 2 heterocycles. The van der Waals surface area contributed by atoms with Gasteiger partial charge in [-0.3, -0.25) is 14.4 Å². The second kappa shape index (κ2) is 8.43. The largest absolute Gasteiger partial charge is 0.480 e. The Morgan fingerprint density at radius 2 is 2.00 bits per heavy atom. The molecular weight excluding hydrogens is 350 g/mol. The third kappa shape index (κ3) is 4.69. The fraction of sp³-hybridized carbons (Fsp3) is 0.389. The summed E-state index contributed by atoms with van der Waals surface area (Å²) in [7, 11) is 0. The molecule has 1 fully saturated rings. The molecular formula is C18H21N5O4. The number of amides is 2. The minimum atomic E-state index is -1.02. The van der Waals surface area contributed by atoms with E-state index in [1.807, 2.05) is 30.3 Å². The number of carboxylic acid groups (broad SMARTS) is 1. The highest BCUT2D eigenvalue weighted by Crippen LogP contribution is 2.25. The monoisotopic (exact) mass is 371 g/mol. The van der Waals surface area contributed by atoms with Gasteiger partial charge in [0.05, 0.1) is 12.7 Å². The van der Waals surface area contributed by atoms with Crippen LogP contribution in [-0.4, -0.2) is 49.3 Å². The molecule has 1 aliphatic rings. The average molecular weight is 371 g/mol. The summed E-state index contributed by atoms with van der Waals surface area (Å²) in [4.78, 5) is 37.6. The maximum atomic E-state index is 12.9. The molecule has 2 aromatic rings. The van der Waals surface area contributed by atoms with Crippen LogP contribution >= 0.6 is 0 Å². The van der Waals surface area contributed by atoms with Gasteiger partial charge >= 0.3 is 5.97 Å². The van der Waals surface area contributed by atoms with Gasteiger partial charge in [0.1, 0.15) is 18.3 Å². The van der Waals surface area contributed by atoms with Gasteiger partial charge in [-0.05, 0) is 18.4 Å². The second-order valence-electron chi connectivity index (χ2n) is 6.38. The first-order valence-electron chi connectivity index (χ1n) is 8.77. The molecule has 0 aliphatic carbocycles. The first-order valence-corrected chi connectivity index (χ1v) is 8.77. The van der Waals surface area contributed by atoms with Crippen molar-refractivity contribution >= 4 is 17.8 Å². The Morgan fingerprint density at radius 3 is 2.70 bits per heavy atom. The predicted molar refractivity (Wildman–Crippen MR) is 94.3 cm³/mol. The molecule has 0 radical (unpaired) electrons. The zero-order chi connectivity index (χ0) is 19.2. The molecule has 1 aromatic heterocycles. The van der Waals surface area contributed by atoms with Gasteiger partial charge < -0.3 is 15.3 Å². The number of nitrogens with one attached hydrogen (secondary N) is 1. The summed E-state index contributed by atoms with van der Waals surface area (Å²) in [5, 5.41) is 19.1. The van der Waals surface area contributed by atoms with Crippen LogP contribution in [0.3, 0.4) is 0 Å². The summed E-state index contributed by atoms with van der Waals surface area (Å²) in [6, 6.07) is 8.48. The molecule has 142 valence electrons. The SMILES string of the molecule is O=C(O)Cn1cc(CNC(=O)C(c2ccccc2)N2CCCCC2=O)nn1. The topological polar surface area (TPSA) is 117 Å². The maximum absolute atomic E-state index is 12.9. The normalized spacial score (nSPS) is 15.4. The number of hydrogen-bond donors (Lipinski definition) is 2. The van der Waals surface area contributed by atoms with Crippen molar-refractivity contribution in [2.75, 3.05) is 6.54 Å². The number of rotatable bonds is 7. The highest BCUT2D eigenvalue weighted by molar-refractivity contribution is 5.89. The molecule has 1 aromatic carbocycles. The van der Waals surface area contributed by atoms with Crippen LogP contribution in [0.1, 0.15) is 36.6 Å². The van der Waals surface area contributed by atoms with Crippen molar-refractivity contribution in [3.05, 3.63) is 47.8 Å². The molecule has 27 heavy (non-hydrogen) atoms. The lowest BCUT2D eigenvalue weighted by Gasteiger charge is -2.34. The quantitative estimate of drug-likeness (QED) is 0.741. The van der Waals surface area contributed by atoms with Gasteiger partial charge in [0.15, 0.2) is 0 Å². The third-order valence-corrected chi connectivity index (χ3v) is 4.36. The van der Waals surface area contributed by atoms with Crippen LogP contribution < -0.4 is 5.32 Å². The Bertz CT molecular complexity index is 820. The molecule has 1 aliphatic heterocycles. The number of carbonyl (C=O) groups is 3. The minimum Gasteiger partial charge on any atom is -0.480 e. The average Bonchev–Trinajstić information content (AvgIpc) is 3.09. The van der Waals surface area contributed by atoms with Crippen LogP contribution in [0.5, 0.6) is 0 Å². The van der Waals surface area contributed by atoms with Gasteiger partial charge in [-0.2, -0.15) is 0 Å². The molecule has 2 N–H and O–H groups in total. The molecule has 0 bridgehead atoms. The van der Waals surface area contributed by atoms with Gasteiger partial charge in [0.25, 0.3) is 0 Å². The van der Waals surface area contributed by atoms with E-state index in [4.69, 9.17) is 5.11 Å². The van der Waals surface area contributed by atoms with Crippen molar-refractivity contribution in [1.82, 2.24) is 25.2 Å². The second-order valence-corrected chi connectivity index (χ2v) is 6.38. The number of carboxylic acids is 1.